The third-order valence-electron chi connectivity index (χ3n) is 4.69. The van der Waals surface area contributed by atoms with Gasteiger partial charge in [0.1, 0.15) is 6.04 Å². The lowest BCUT2D eigenvalue weighted by Gasteiger charge is -2.23. The Hall–Kier alpha value is -4.16. The van der Waals surface area contributed by atoms with Crippen LogP contribution in [-0.2, 0) is 30.3 Å². The zero-order valence-electron chi connectivity index (χ0n) is 20.9. The summed E-state index contributed by atoms with van der Waals surface area (Å²) in [6, 6.07) is -3.40. The fraction of sp³-hybridized carbons (Fsp3) is 0.500. The molecule has 0 aliphatic carbocycles. The molecule has 0 heterocycles. The van der Waals surface area contributed by atoms with Gasteiger partial charge in [0.15, 0.2) is 18.1 Å². The molecule has 1 N–H and O–H groups in total. The Bertz CT molecular complexity index is 1310. The number of alkyl halides is 18. The average Bonchev–Trinajstić information content (AvgIpc) is 2.85. The second-order valence-electron chi connectivity index (χ2n) is 8.23. The monoisotopic (exact) mass is 717 g/mol. The van der Waals surface area contributed by atoms with Gasteiger partial charge in [0, 0.05) is 6.42 Å². The van der Waals surface area contributed by atoms with Gasteiger partial charge in [-0.15, -0.1) is 0 Å². The Morgan fingerprint density at radius 1 is 0.609 bits per heavy atom. The summed E-state index contributed by atoms with van der Waals surface area (Å²) in [7, 11) is 0. The van der Waals surface area contributed by atoms with E-state index in [9.17, 15) is 98.2 Å². The smallest absolute Gasteiger partial charge is 0.454 e. The van der Waals surface area contributed by atoms with Crippen LogP contribution >= 0.6 is 0 Å². The molecule has 46 heavy (non-hydrogen) atoms. The number of carbonyl (C=O) groups is 4. The molecular formula is C20H9F18NO7. The van der Waals surface area contributed by atoms with Crippen molar-refractivity contribution in [3.63, 3.8) is 0 Å². The molecule has 0 aromatic heterocycles. The summed E-state index contributed by atoms with van der Waals surface area (Å²) in [4.78, 5) is 46.3. The molecule has 0 bridgehead atoms. The number of hydrogen-bond acceptors (Lipinski definition) is 7. The molecule has 1 aromatic rings. The maximum atomic E-state index is 13.4. The Morgan fingerprint density at radius 2 is 1.02 bits per heavy atom. The van der Waals surface area contributed by atoms with Crippen molar-refractivity contribution in [1.82, 2.24) is 5.32 Å². The van der Waals surface area contributed by atoms with Crippen molar-refractivity contribution in [2.45, 2.75) is 54.9 Å². The molecule has 0 saturated heterocycles. The van der Waals surface area contributed by atoms with Crippen molar-refractivity contribution in [2.75, 3.05) is 6.61 Å². The molecule has 0 saturated carbocycles. The maximum Gasteiger partial charge on any atom is 0.465 e. The van der Waals surface area contributed by atoms with Crippen LogP contribution in [0.25, 0.3) is 0 Å². The van der Waals surface area contributed by atoms with E-state index in [0.29, 0.717) is 5.32 Å². The first kappa shape index (κ1) is 39.9. The third-order valence-corrected chi connectivity index (χ3v) is 4.69. The summed E-state index contributed by atoms with van der Waals surface area (Å²) in [5, 5.41) is 0.599. The van der Waals surface area contributed by atoms with Gasteiger partial charge in [0.2, 0.25) is 0 Å². The molecule has 1 rings (SSSR count). The SMILES string of the molecule is O=C(OCC(F)(F)F)C(Cc1ccc(OC(=O)C(F)(F)C(F)(F)F)c(OC(=O)C(F)(F)C(F)(F)F)c1)NC(=O)C(F)(F)C(F)(F)F. The van der Waals surface area contributed by atoms with E-state index < -0.39 is 102 Å². The minimum absolute atomic E-state index is 0.131. The number of ether oxygens (including phenoxy) is 3. The molecule has 1 amide bonds. The van der Waals surface area contributed by atoms with Crippen molar-refractivity contribution in [2.24, 2.45) is 0 Å². The van der Waals surface area contributed by atoms with Crippen LogP contribution in [0.3, 0.4) is 0 Å². The van der Waals surface area contributed by atoms with Crippen molar-refractivity contribution >= 4 is 23.8 Å². The number of benzene rings is 1. The molecule has 0 spiro atoms. The van der Waals surface area contributed by atoms with Gasteiger partial charge in [-0.1, -0.05) is 6.07 Å². The number of amides is 1. The minimum atomic E-state index is -6.79. The van der Waals surface area contributed by atoms with Crippen LogP contribution in [0, 0.1) is 0 Å². The topological polar surface area (TPSA) is 108 Å². The normalized spacial score (nSPS) is 14.3. The van der Waals surface area contributed by atoms with Crippen LogP contribution in [0.5, 0.6) is 11.5 Å². The zero-order valence-corrected chi connectivity index (χ0v) is 20.9. The molecule has 0 aliphatic rings. The Balaban J connectivity index is 3.67. The van der Waals surface area contributed by atoms with Gasteiger partial charge < -0.3 is 19.5 Å². The second-order valence-corrected chi connectivity index (χ2v) is 8.23. The summed E-state index contributed by atoms with van der Waals surface area (Å²) >= 11 is 0. The molecule has 1 unspecified atom stereocenters. The highest BCUT2D eigenvalue weighted by molar-refractivity contribution is 5.89. The van der Waals surface area contributed by atoms with E-state index in [1.165, 1.54) is 0 Å². The predicted octanol–water partition coefficient (Wildman–Crippen LogP) is 5.22. The van der Waals surface area contributed by atoms with Gasteiger partial charge in [0.05, 0.1) is 0 Å². The highest BCUT2D eigenvalue weighted by Crippen LogP contribution is 2.41. The Kier molecular flexibility index (Phi) is 11.2. The van der Waals surface area contributed by atoms with Gasteiger partial charge in [-0.2, -0.15) is 79.0 Å². The molecular weight excluding hydrogens is 708 g/mol. The summed E-state index contributed by atoms with van der Waals surface area (Å²) in [6.45, 7) is -2.59. The van der Waals surface area contributed by atoms with Crippen molar-refractivity contribution in [3.05, 3.63) is 23.8 Å². The Labute approximate surface area is 239 Å². The van der Waals surface area contributed by atoms with E-state index in [4.69, 9.17) is 0 Å². The number of nitrogens with one attached hydrogen (secondary N) is 1. The lowest BCUT2D eigenvalue weighted by molar-refractivity contribution is -0.277. The number of halogens is 18. The van der Waals surface area contributed by atoms with Crippen molar-refractivity contribution in [1.29, 1.82) is 0 Å². The van der Waals surface area contributed by atoms with E-state index in [-0.39, 0.29) is 18.2 Å². The van der Waals surface area contributed by atoms with Gasteiger partial charge in [-0.25, -0.2) is 14.4 Å². The molecule has 1 atom stereocenters. The third kappa shape index (κ3) is 9.43. The molecule has 1 aromatic carbocycles. The van der Waals surface area contributed by atoms with Crippen molar-refractivity contribution in [3.8, 4) is 11.5 Å². The fourth-order valence-corrected chi connectivity index (χ4v) is 2.46. The standard InChI is InChI=1S/C20H9F18NO7/c21-14(22,23)5-44-10(40)7(39-11(41)15(24,25)18(30,31)32)3-6-1-2-8(45-12(42)16(26,27)19(33,34)35)9(4-6)46-13(43)17(28,29)20(36,37)38/h1-2,4,7H,3,5H2,(H,39,41). The van der Waals surface area contributed by atoms with Gasteiger partial charge in [-0.3, -0.25) is 4.79 Å². The first-order valence-electron chi connectivity index (χ1n) is 10.7. The summed E-state index contributed by atoms with van der Waals surface area (Å²) in [6.07, 6.45) is -27.4. The van der Waals surface area contributed by atoms with Crippen LogP contribution in [0.1, 0.15) is 5.56 Å². The zero-order chi connectivity index (χ0) is 36.5. The second kappa shape index (κ2) is 12.9. The van der Waals surface area contributed by atoms with Gasteiger partial charge in [0.25, 0.3) is 0 Å². The molecule has 0 aliphatic heterocycles. The first-order valence-corrected chi connectivity index (χ1v) is 10.7. The highest BCUT2D eigenvalue weighted by Gasteiger charge is 2.67. The van der Waals surface area contributed by atoms with Crippen molar-refractivity contribution < 1.29 is 112 Å². The summed E-state index contributed by atoms with van der Waals surface area (Å²) in [5.74, 6) is -36.7. The minimum Gasteiger partial charge on any atom is -0.454 e. The van der Waals surface area contributed by atoms with E-state index in [1.54, 1.807) is 0 Å². The van der Waals surface area contributed by atoms with Crippen LogP contribution in [0.15, 0.2) is 18.2 Å². The fourth-order valence-electron chi connectivity index (χ4n) is 2.46. The van der Waals surface area contributed by atoms with Crippen LogP contribution in [0.2, 0.25) is 0 Å². The molecule has 26 heteroatoms. The van der Waals surface area contributed by atoms with Crippen LogP contribution in [0.4, 0.5) is 79.0 Å². The van der Waals surface area contributed by atoms with Gasteiger partial charge in [-0.05, 0) is 17.7 Å². The number of carbonyl (C=O) groups excluding carboxylic acids is 4. The first-order chi connectivity index (χ1) is 20.3. The van der Waals surface area contributed by atoms with Crippen LogP contribution < -0.4 is 14.8 Å². The van der Waals surface area contributed by atoms with E-state index in [1.807, 2.05) is 0 Å². The number of rotatable bonds is 10. The molecule has 262 valence electrons. The molecule has 0 fully saturated rings. The summed E-state index contributed by atoms with van der Waals surface area (Å²) < 4.78 is 240. The maximum absolute atomic E-state index is 13.4. The van der Waals surface area contributed by atoms with E-state index in [0.717, 1.165) is 0 Å². The predicted molar refractivity (Wildman–Crippen MR) is 103 cm³/mol. The summed E-state index contributed by atoms with van der Waals surface area (Å²) in [5.41, 5.74) is -1.16. The molecule has 8 nitrogen and oxygen atoms in total. The molecule has 0 radical (unpaired) electrons. The highest BCUT2D eigenvalue weighted by atomic mass is 19.4. The average molecular weight is 717 g/mol. The van der Waals surface area contributed by atoms with E-state index in [2.05, 4.69) is 14.2 Å². The van der Waals surface area contributed by atoms with Gasteiger partial charge >= 0.3 is 66.3 Å². The lowest BCUT2D eigenvalue weighted by atomic mass is 10.0. The van der Waals surface area contributed by atoms with E-state index >= 15 is 0 Å². The Morgan fingerprint density at radius 3 is 1.41 bits per heavy atom. The lowest BCUT2D eigenvalue weighted by Crippen LogP contribution is -2.55. The quantitative estimate of drug-likeness (QED) is 0.201. The van der Waals surface area contributed by atoms with Crippen LogP contribution in [-0.4, -0.2) is 78.9 Å². The number of esters is 3. The number of hydrogen-bond donors (Lipinski definition) is 1. The largest absolute Gasteiger partial charge is 0.465 e.